The number of nitriles is 1. The van der Waals surface area contributed by atoms with E-state index in [0.29, 0.717) is 6.08 Å². The summed E-state index contributed by atoms with van der Waals surface area (Å²) in [6.07, 6.45) is 1.74. The number of nitrogens with zero attached hydrogens (tertiary/aromatic N) is 1. The smallest absolute Gasteiger partial charge is 0.328 e. The number of hydrogen-bond donors (Lipinski definition) is 3. The summed E-state index contributed by atoms with van der Waals surface area (Å²) in [6, 6.07) is 9.88. The summed E-state index contributed by atoms with van der Waals surface area (Å²) in [7, 11) is 0. The number of carbonyl (C=O) groups is 3. The molecule has 0 saturated carbocycles. The number of aliphatic carboxylic acids is 1. The number of rotatable bonds is 7. The predicted molar refractivity (Wildman–Crippen MR) is 77.5 cm³/mol. The van der Waals surface area contributed by atoms with Gasteiger partial charge in [0.2, 0.25) is 11.8 Å². The van der Waals surface area contributed by atoms with Crippen molar-refractivity contribution in [1.82, 2.24) is 10.6 Å². The first-order valence-electron chi connectivity index (χ1n) is 6.43. The first-order chi connectivity index (χ1) is 10.5. The molecule has 1 atom stereocenters. The topological polar surface area (TPSA) is 119 Å². The molecule has 0 radical (unpaired) electrons. The molecule has 2 amide bonds. The van der Waals surface area contributed by atoms with Gasteiger partial charge in [0.15, 0.2) is 0 Å². The molecule has 1 rings (SSSR count). The van der Waals surface area contributed by atoms with Crippen LogP contribution in [-0.4, -0.2) is 35.5 Å². The lowest BCUT2D eigenvalue weighted by molar-refractivity contribution is -0.131. The lowest BCUT2D eigenvalue weighted by atomic mass is 10.1. The molecule has 0 aliphatic carbocycles. The molecule has 7 heteroatoms. The van der Waals surface area contributed by atoms with Crippen LogP contribution in [0.5, 0.6) is 0 Å². The number of hydrogen-bond acceptors (Lipinski definition) is 4. The second-order valence-electron chi connectivity index (χ2n) is 4.30. The SMILES string of the molecule is N#CCNC(=O)C(Cc1ccccc1)NC(=O)C=CC(=O)O. The Morgan fingerprint density at radius 3 is 2.50 bits per heavy atom. The second kappa shape index (κ2) is 8.92. The Morgan fingerprint density at radius 1 is 1.23 bits per heavy atom. The maximum atomic E-state index is 12.0. The van der Waals surface area contributed by atoms with Crippen LogP contribution in [0.15, 0.2) is 42.5 Å². The van der Waals surface area contributed by atoms with E-state index in [1.807, 2.05) is 6.07 Å². The Labute approximate surface area is 127 Å². The third-order valence-corrected chi connectivity index (χ3v) is 2.63. The van der Waals surface area contributed by atoms with E-state index in [4.69, 9.17) is 10.4 Å². The zero-order chi connectivity index (χ0) is 16.4. The van der Waals surface area contributed by atoms with Crippen LogP contribution >= 0.6 is 0 Å². The van der Waals surface area contributed by atoms with E-state index in [2.05, 4.69) is 10.6 Å². The van der Waals surface area contributed by atoms with E-state index >= 15 is 0 Å². The van der Waals surface area contributed by atoms with Gasteiger partial charge in [0.25, 0.3) is 0 Å². The quantitative estimate of drug-likeness (QED) is 0.483. The molecule has 0 aliphatic heterocycles. The molecule has 1 unspecified atom stereocenters. The first kappa shape index (κ1) is 16.9. The molecule has 0 aromatic heterocycles. The van der Waals surface area contributed by atoms with Crippen molar-refractivity contribution in [3.05, 3.63) is 48.0 Å². The van der Waals surface area contributed by atoms with E-state index in [-0.39, 0.29) is 13.0 Å². The summed E-state index contributed by atoms with van der Waals surface area (Å²) >= 11 is 0. The average Bonchev–Trinajstić information content (AvgIpc) is 2.51. The van der Waals surface area contributed by atoms with Crippen LogP contribution in [0.3, 0.4) is 0 Å². The van der Waals surface area contributed by atoms with Crippen LogP contribution in [0.4, 0.5) is 0 Å². The van der Waals surface area contributed by atoms with Gasteiger partial charge < -0.3 is 15.7 Å². The zero-order valence-corrected chi connectivity index (χ0v) is 11.7. The number of carbonyl (C=O) groups excluding carboxylic acids is 2. The van der Waals surface area contributed by atoms with Crippen molar-refractivity contribution in [2.24, 2.45) is 0 Å². The molecule has 3 N–H and O–H groups in total. The maximum absolute atomic E-state index is 12.0. The van der Waals surface area contributed by atoms with Crippen molar-refractivity contribution >= 4 is 17.8 Å². The van der Waals surface area contributed by atoms with Gasteiger partial charge in [-0.3, -0.25) is 9.59 Å². The van der Waals surface area contributed by atoms with Gasteiger partial charge in [-0.25, -0.2) is 4.79 Å². The van der Waals surface area contributed by atoms with E-state index < -0.39 is 23.8 Å². The standard InChI is InChI=1S/C15H15N3O4/c16-8-9-17-15(22)12(10-11-4-2-1-3-5-11)18-13(19)6-7-14(20)21/h1-7,12H,9-10H2,(H,17,22)(H,18,19)(H,20,21). The fraction of sp³-hybridized carbons (Fsp3) is 0.200. The molecule has 0 aliphatic rings. The number of amides is 2. The second-order valence-corrected chi connectivity index (χ2v) is 4.30. The number of nitrogens with one attached hydrogen (secondary N) is 2. The summed E-state index contributed by atoms with van der Waals surface area (Å²) in [5.74, 6) is -2.47. The zero-order valence-electron chi connectivity index (χ0n) is 11.7. The van der Waals surface area contributed by atoms with Crippen molar-refractivity contribution in [2.75, 3.05) is 6.54 Å². The van der Waals surface area contributed by atoms with E-state index in [1.54, 1.807) is 30.3 Å². The van der Waals surface area contributed by atoms with Crippen LogP contribution in [0.2, 0.25) is 0 Å². The molecule has 1 aromatic rings. The molecule has 0 bridgehead atoms. The normalized spacial score (nSPS) is 11.4. The third kappa shape index (κ3) is 6.34. The highest BCUT2D eigenvalue weighted by Crippen LogP contribution is 2.03. The average molecular weight is 301 g/mol. The molecule has 1 aromatic carbocycles. The molecule has 22 heavy (non-hydrogen) atoms. The minimum atomic E-state index is -1.26. The minimum Gasteiger partial charge on any atom is -0.478 e. The van der Waals surface area contributed by atoms with Crippen molar-refractivity contribution < 1.29 is 19.5 Å². The number of carboxylic acid groups (broad SMARTS) is 1. The largest absolute Gasteiger partial charge is 0.478 e. The van der Waals surface area contributed by atoms with E-state index in [9.17, 15) is 14.4 Å². The predicted octanol–water partition coefficient (Wildman–Crippen LogP) is -0.00552. The van der Waals surface area contributed by atoms with Gasteiger partial charge in [-0.1, -0.05) is 30.3 Å². The number of benzene rings is 1. The summed E-state index contributed by atoms with van der Waals surface area (Å²) in [5.41, 5.74) is 0.821. The third-order valence-electron chi connectivity index (χ3n) is 2.63. The van der Waals surface area contributed by atoms with Gasteiger partial charge in [-0.05, 0) is 5.56 Å². The number of carboxylic acids is 1. The molecule has 0 saturated heterocycles. The Bertz CT molecular complexity index is 605. The molecule has 7 nitrogen and oxygen atoms in total. The Kier molecular flexibility index (Phi) is 6.86. The fourth-order valence-corrected chi connectivity index (χ4v) is 1.68. The van der Waals surface area contributed by atoms with Crippen molar-refractivity contribution in [3.8, 4) is 6.07 Å². The highest BCUT2D eigenvalue weighted by Gasteiger charge is 2.20. The Hall–Kier alpha value is -3.14. The van der Waals surface area contributed by atoms with E-state index in [0.717, 1.165) is 11.6 Å². The fourth-order valence-electron chi connectivity index (χ4n) is 1.68. The molecule has 0 spiro atoms. The van der Waals surface area contributed by atoms with Gasteiger partial charge >= 0.3 is 5.97 Å². The molecule has 0 fully saturated rings. The van der Waals surface area contributed by atoms with Crippen molar-refractivity contribution in [2.45, 2.75) is 12.5 Å². The molecule has 114 valence electrons. The lowest BCUT2D eigenvalue weighted by Gasteiger charge is -2.16. The van der Waals surface area contributed by atoms with Crippen molar-refractivity contribution in [3.63, 3.8) is 0 Å². The summed E-state index contributed by atoms with van der Waals surface area (Å²) in [4.78, 5) is 34.0. The van der Waals surface area contributed by atoms with Crippen LogP contribution in [-0.2, 0) is 20.8 Å². The Balaban J connectivity index is 2.77. The highest BCUT2D eigenvalue weighted by atomic mass is 16.4. The van der Waals surface area contributed by atoms with Gasteiger partial charge in [0, 0.05) is 18.6 Å². The molecular weight excluding hydrogens is 286 g/mol. The summed E-state index contributed by atoms with van der Waals surface area (Å²) in [6.45, 7) is -0.176. The highest BCUT2D eigenvalue weighted by molar-refractivity contribution is 5.96. The van der Waals surface area contributed by atoms with Gasteiger partial charge in [-0.15, -0.1) is 0 Å². The van der Waals surface area contributed by atoms with Gasteiger partial charge in [-0.2, -0.15) is 5.26 Å². The molecule has 0 heterocycles. The van der Waals surface area contributed by atoms with Gasteiger partial charge in [0.05, 0.1) is 6.07 Å². The van der Waals surface area contributed by atoms with Gasteiger partial charge in [0.1, 0.15) is 12.6 Å². The van der Waals surface area contributed by atoms with Crippen LogP contribution < -0.4 is 10.6 Å². The van der Waals surface area contributed by atoms with Crippen LogP contribution in [0, 0.1) is 11.3 Å². The van der Waals surface area contributed by atoms with Crippen molar-refractivity contribution in [1.29, 1.82) is 5.26 Å². The monoisotopic (exact) mass is 301 g/mol. The summed E-state index contributed by atoms with van der Waals surface area (Å²) in [5, 5.41) is 21.7. The first-order valence-corrected chi connectivity index (χ1v) is 6.43. The Morgan fingerprint density at radius 2 is 1.91 bits per heavy atom. The maximum Gasteiger partial charge on any atom is 0.328 e. The molecular formula is C15H15N3O4. The van der Waals surface area contributed by atoms with Crippen LogP contribution in [0.25, 0.3) is 0 Å². The minimum absolute atomic E-state index is 0.176. The lowest BCUT2D eigenvalue weighted by Crippen LogP contribution is -2.47. The van der Waals surface area contributed by atoms with Crippen LogP contribution in [0.1, 0.15) is 5.56 Å². The van der Waals surface area contributed by atoms with E-state index in [1.165, 1.54) is 0 Å². The summed E-state index contributed by atoms with van der Waals surface area (Å²) < 4.78 is 0.